The van der Waals surface area contributed by atoms with Crippen LogP contribution in [0.3, 0.4) is 0 Å². The second-order valence-corrected chi connectivity index (χ2v) is 6.00. The van der Waals surface area contributed by atoms with E-state index in [1.165, 1.54) is 6.92 Å². The zero-order chi connectivity index (χ0) is 14.1. The molecule has 0 fully saturated rings. The second kappa shape index (κ2) is 4.95. The van der Waals surface area contributed by atoms with E-state index in [1.54, 1.807) is 0 Å². The minimum Gasteiger partial charge on any atom is -0.478 e. The van der Waals surface area contributed by atoms with Gasteiger partial charge in [-0.05, 0) is 24.6 Å². The summed E-state index contributed by atoms with van der Waals surface area (Å²) in [4.78, 5) is 21.3. The first kappa shape index (κ1) is 14.5. The summed E-state index contributed by atoms with van der Waals surface area (Å²) in [7, 11) is -3.99. The van der Waals surface area contributed by atoms with Crippen LogP contribution in [0.4, 0.5) is 0 Å². The van der Waals surface area contributed by atoms with E-state index in [4.69, 9.17) is 22.4 Å². The Hall–Kier alpha value is -1.60. The van der Waals surface area contributed by atoms with Gasteiger partial charge < -0.3 is 10.8 Å². The number of carboxylic acids is 1. The third-order valence-corrected chi connectivity index (χ3v) is 4.20. The molecule has 1 aromatic carbocycles. The van der Waals surface area contributed by atoms with Crippen LogP contribution in [0.15, 0.2) is 17.0 Å². The number of halogens is 1. The molecule has 0 atom stereocenters. The first-order valence-electron chi connectivity index (χ1n) is 4.69. The van der Waals surface area contributed by atoms with Crippen LogP contribution in [-0.4, -0.2) is 31.2 Å². The van der Waals surface area contributed by atoms with E-state index < -0.39 is 27.5 Å². The predicted molar refractivity (Wildman–Crippen MR) is 64.4 cm³/mol. The van der Waals surface area contributed by atoms with Crippen LogP contribution in [0.1, 0.15) is 15.9 Å². The van der Waals surface area contributed by atoms with Crippen molar-refractivity contribution in [1.29, 1.82) is 0 Å². The summed E-state index contributed by atoms with van der Waals surface area (Å²) in [5, 5.41) is 8.88. The highest BCUT2D eigenvalue weighted by molar-refractivity contribution is 7.92. The Morgan fingerprint density at radius 2 is 1.94 bits per heavy atom. The van der Waals surface area contributed by atoms with Crippen LogP contribution in [0, 0.1) is 6.92 Å². The Morgan fingerprint density at radius 3 is 2.39 bits per heavy atom. The third-order valence-electron chi connectivity index (χ3n) is 2.22. The lowest BCUT2D eigenvalue weighted by molar-refractivity contribution is -0.115. The molecule has 0 aliphatic rings. The normalized spacial score (nSPS) is 11.2. The molecule has 3 N–H and O–H groups in total. The number of amides is 1. The highest BCUT2D eigenvalue weighted by Gasteiger charge is 2.23. The van der Waals surface area contributed by atoms with E-state index in [0.29, 0.717) is 0 Å². The van der Waals surface area contributed by atoms with Crippen LogP contribution in [0.2, 0.25) is 5.02 Å². The predicted octanol–water partition coefficient (Wildman–Crippen LogP) is 0.606. The van der Waals surface area contributed by atoms with Gasteiger partial charge in [0.1, 0.15) is 5.75 Å². The molecule has 0 radical (unpaired) electrons. The summed E-state index contributed by atoms with van der Waals surface area (Å²) in [6.45, 7) is 1.33. The van der Waals surface area contributed by atoms with Crippen molar-refractivity contribution in [3.8, 4) is 0 Å². The van der Waals surface area contributed by atoms with E-state index in [0.717, 1.165) is 12.1 Å². The molecule has 98 valence electrons. The van der Waals surface area contributed by atoms with Gasteiger partial charge in [-0.1, -0.05) is 11.6 Å². The maximum absolute atomic E-state index is 11.8. The number of hydrogen-bond donors (Lipinski definition) is 2. The van der Waals surface area contributed by atoms with E-state index in [2.05, 4.69) is 0 Å². The van der Waals surface area contributed by atoms with Crippen molar-refractivity contribution in [1.82, 2.24) is 0 Å². The summed E-state index contributed by atoms with van der Waals surface area (Å²) < 4.78 is 23.7. The van der Waals surface area contributed by atoms with Gasteiger partial charge in [-0.3, -0.25) is 4.79 Å². The van der Waals surface area contributed by atoms with E-state index >= 15 is 0 Å². The Kier molecular flexibility index (Phi) is 3.98. The molecule has 0 spiro atoms. The number of nitrogens with two attached hydrogens (primary N) is 1. The Morgan fingerprint density at radius 1 is 1.39 bits per heavy atom. The van der Waals surface area contributed by atoms with Gasteiger partial charge in [0.2, 0.25) is 5.91 Å². The fourth-order valence-corrected chi connectivity index (χ4v) is 3.16. The molecule has 8 heteroatoms. The number of primary amides is 1. The van der Waals surface area contributed by atoms with E-state index in [9.17, 15) is 18.0 Å². The van der Waals surface area contributed by atoms with Crippen LogP contribution < -0.4 is 5.73 Å². The second-order valence-electron chi connectivity index (χ2n) is 3.61. The van der Waals surface area contributed by atoms with Crippen LogP contribution >= 0.6 is 11.6 Å². The summed E-state index contributed by atoms with van der Waals surface area (Å²) in [6, 6.07) is 2.24. The number of carboxylic acid groups (broad SMARTS) is 1. The molecular weight excluding hydrogens is 282 g/mol. The van der Waals surface area contributed by atoms with E-state index in [-0.39, 0.29) is 21.0 Å². The van der Waals surface area contributed by atoms with Gasteiger partial charge in [0.25, 0.3) is 0 Å². The molecular formula is C10H10ClNO5S. The molecule has 0 unspecified atom stereocenters. The summed E-state index contributed by atoms with van der Waals surface area (Å²) in [5.41, 5.74) is 4.62. The van der Waals surface area contributed by atoms with Crippen molar-refractivity contribution >= 4 is 33.3 Å². The number of hydrogen-bond acceptors (Lipinski definition) is 4. The van der Waals surface area contributed by atoms with Crippen LogP contribution in [0.25, 0.3) is 0 Å². The zero-order valence-corrected chi connectivity index (χ0v) is 10.9. The Bertz CT molecular complexity index is 623. The van der Waals surface area contributed by atoms with Gasteiger partial charge in [0, 0.05) is 5.02 Å². The summed E-state index contributed by atoms with van der Waals surface area (Å²) >= 11 is 5.66. The zero-order valence-electron chi connectivity index (χ0n) is 9.31. The maximum Gasteiger partial charge on any atom is 0.336 e. The largest absolute Gasteiger partial charge is 0.478 e. The number of benzene rings is 1. The minimum absolute atomic E-state index is 0.0214. The average Bonchev–Trinajstić information content (AvgIpc) is 2.18. The molecule has 0 aliphatic carbocycles. The van der Waals surface area contributed by atoms with Gasteiger partial charge >= 0.3 is 5.97 Å². The Labute approximate surface area is 108 Å². The molecule has 1 rings (SSSR count). The van der Waals surface area contributed by atoms with Gasteiger partial charge in [-0.15, -0.1) is 0 Å². The van der Waals surface area contributed by atoms with Crippen molar-refractivity contribution < 1.29 is 23.1 Å². The summed E-state index contributed by atoms with van der Waals surface area (Å²) in [6.07, 6.45) is 0. The van der Waals surface area contributed by atoms with Crippen molar-refractivity contribution in [3.05, 3.63) is 28.3 Å². The third kappa shape index (κ3) is 2.99. The highest BCUT2D eigenvalue weighted by atomic mass is 35.5. The lowest BCUT2D eigenvalue weighted by atomic mass is 10.1. The average molecular weight is 292 g/mol. The molecule has 18 heavy (non-hydrogen) atoms. The quantitative estimate of drug-likeness (QED) is 0.843. The minimum atomic E-state index is -3.99. The van der Waals surface area contributed by atoms with Crippen molar-refractivity contribution in [3.63, 3.8) is 0 Å². The van der Waals surface area contributed by atoms with Crippen molar-refractivity contribution in [2.24, 2.45) is 5.73 Å². The lowest BCUT2D eigenvalue weighted by Crippen LogP contribution is -2.24. The van der Waals surface area contributed by atoms with Gasteiger partial charge in [0.15, 0.2) is 9.84 Å². The topological polar surface area (TPSA) is 115 Å². The fraction of sp³-hybridized carbons (Fsp3) is 0.200. The number of sulfone groups is 1. The number of aromatic carboxylic acids is 1. The monoisotopic (exact) mass is 291 g/mol. The number of rotatable bonds is 4. The lowest BCUT2D eigenvalue weighted by Gasteiger charge is -2.09. The highest BCUT2D eigenvalue weighted by Crippen LogP contribution is 2.25. The standard InChI is InChI=1S/C10H10ClNO5S/c1-5-7(10(14)15)2-6(11)3-8(5)18(16,17)4-9(12)13/h2-3H,4H2,1H3,(H2,12,13)(H,14,15). The molecule has 0 aliphatic heterocycles. The number of carbonyl (C=O) groups excluding carboxylic acids is 1. The smallest absolute Gasteiger partial charge is 0.336 e. The fourth-order valence-electron chi connectivity index (χ4n) is 1.46. The molecule has 0 saturated heterocycles. The van der Waals surface area contributed by atoms with Gasteiger partial charge in [-0.25, -0.2) is 13.2 Å². The maximum atomic E-state index is 11.8. The van der Waals surface area contributed by atoms with Crippen molar-refractivity contribution in [2.45, 2.75) is 11.8 Å². The summed E-state index contributed by atoms with van der Waals surface area (Å²) in [5.74, 6) is -3.22. The molecule has 1 amide bonds. The van der Waals surface area contributed by atoms with Gasteiger partial charge in [0.05, 0.1) is 10.5 Å². The molecule has 0 heterocycles. The van der Waals surface area contributed by atoms with Crippen LogP contribution in [-0.2, 0) is 14.6 Å². The molecule has 1 aromatic rings. The molecule has 6 nitrogen and oxygen atoms in total. The SMILES string of the molecule is Cc1c(C(=O)O)cc(Cl)cc1S(=O)(=O)CC(N)=O. The molecule has 0 aromatic heterocycles. The van der Waals surface area contributed by atoms with Crippen LogP contribution in [0.5, 0.6) is 0 Å². The van der Waals surface area contributed by atoms with E-state index in [1.807, 2.05) is 0 Å². The molecule has 0 saturated carbocycles. The first-order valence-corrected chi connectivity index (χ1v) is 6.72. The van der Waals surface area contributed by atoms with Gasteiger partial charge in [-0.2, -0.15) is 0 Å². The molecule has 0 bridgehead atoms. The Balaban J connectivity index is 3.51. The number of carbonyl (C=O) groups is 2. The first-order chi connectivity index (χ1) is 8.15. The van der Waals surface area contributed by atoms with Crippen molar-refractivity contribution in [2.75, 3.05) is 5.75 Å².